The maximum absolute atomic E-state index is 12.2. The van der Waals surface area contributed by atoms with Gasteiger partial charge in [-0.1, -0.05) is 45.2 Å². The summed E-state index contributed by atoms with van der Waals surface area (Å²) < 4.78 is 11.1. The summed E-state index contributed by atoms with van der Waals surface area (Å²) in [5, 5.41) is 3.15. The highest BCUT2D eigenvalue weighted by Crippen LogP contribution is 2.32. The van der Waals surface area contributed by atoms with Gasteiger partial charge in [-0.15, -0.1) is 0 Å². The van der Waals surface area contributed by atoms with Crippen molar-refractivity contribution < 1.29 is 14.3 Å². The van der Waals surface area contributed by atoms with Gasteiger partial charge < -0.3 is 14.8 Å². The molecule has 3 atom stereocenters. The van der Waals surface area contributed by atoms with E-state index in [1.165, 1.54) is 0 Å². The van der Waals surface area contributed by atoms with Crippen molar-refractivity contribution in [3.63, 3.8) is 0 Å². The summed E-state index contributed by atoms with van der Waals surface area (Å²) in [5.41, 5.74) is 1.87. The van der Waals surface area contributed by atoms with Gasteiger partial charge in [-0.25, -0.2) is 0 Å². The Balaban J connectivity index is 2.23. The summed E-state index contributed by atoms with van der Waals surface area (Å²) in [5.74, 6) is -0.237. The van der Waals surface area contributed by atoms with Gasteiger partial charge in [0.1, 0.15) is 0 Å². The number of anilines is 1. The molecule has 20 heavy (non-hydrogen) atoms. The molecule has 1 heterocycles. The number of rotatable bonds is 5. The highest BCUT2D eigenvalue weighted by molar-refractivity contribution is 9.09. The van der Waals surface area contributed by atoms with Crippen molar-refractivity contribution in [1.29, 1.82) is 0 Å². The Morgan fingerprint density at radius 2 is 2.15 bits per heavy atom. The average molecular weight is 363 g/mol. The predicted octanol–water partition coefficient (Wildman–Crippen LogP) is 3.07. The number of hydrogen-bond acceptors (Lipinski definition) is 4. The zero-order valence-electron chi connectivity index (χ0n) is 11.4. The molecule has 0 bridgehead atoms. The Morgan fingerprint density at radius 1 is 1.50 bits per heavy atom. The van der Waals surface area contributed by atoms with Gasteiger partial charge in [0, 0.05) is 5.69 Å². The third-order valence-corrected chi connectivity index (χ3v) is 4.06. The molecule has 0 aliphatic carbocycles. The number of alkyl halides is 2. The average Bonchev–Trinajstić information content (AvgIpc) is 2.87. The van der Waals surface area contributed by atoms with E-state index in [2.05, 4.69) is 21.2 Å². The van der Waals surface area contributed by atoms with E-state index in [1.807, 2.05) is 38.1 Å². The summed E-state index contributed by atoms with van der Waals surface area (Å²) in [6.07, 6.45) is -0.897. The molecule has 0 amide bonds. The standard InChI is InChI=1S/C14H17BrClNO3/c1-9-3-5-11(6-4-9)17-14(16,12(18)7-15)13-19-8-10(2)20-13/h3-6,10,13,17H,7-8H2,1-2H3. The van der Waals surface area contributed by atoms with Crippen LogP contribution in [-0.2, 0) is 14.3 Å². The van der Waals surface area contributed by atoms with Gasteiger partial charge in [-0.3, -0.25) is 4.79 Å². The number of Topliss-reactive ketones (excluding diaryl/α,β-unsaturated/α-hetero) is 1. The van der Waals surface area contributed by atoms with Crippen molar-refractivity contribution in [3.8, 4) is 0 Å². The van der Waals surface area contributed by atoms with E-state index >= 15 is 0 Å². The van der Waals surface area contributed by atoms with E-state index in [0.717, 1.165) is 11.3 Å². The fourth-order valence-electron chi connectivity index (χ4n) is 1.93. The predicted molar refractivity (Wildman–Crippen MR) is 82.5 cm³/mol. The lowest BCUT2D eigenvalue weighted by atomic mass is 10.1. The Kier molecular flexibility index (Phi) is 5.07. The van der Waals surface area contributed by atoms with Crippen LogP contribution in [0, 0.1) is 6.92 Å². The second-order valence-corrected chi connectivity index (χ2v) is 6.03. The van der Waals surface area contributed by atoms with Gasteiger partial charge in [0.05, 0.1) is 18.0 Å². The lowest BCUT2D eigenvalue weighted by Gasteiger charge is -2.31. The number of carbonyl (C=O) groups excluding carboxylic acids is 1. The van der Waals surface area contributed by atoms with Crippen LogP contribution in [0.1, 0.15) is 12.5 Å². The van der Waals surface area contributed by atoms with Crippen LogP contribution in [-0.4, -0.2) is 35.1 Å². The van der Waals surface area contributed by atoms with Crippen molar-refractivity contribution in [1.82, 2.24) is 0 Å². The maximum Gasteiger partial charge on any atom is 0.223 e. The minimum Gasteiger partial charge on any atom is -0.357 e. The fraction of sp³-hybridized carbons (Fsp3) is 0.500. The molecule has 1 saturated heterocycles. The van der Waals surface area contributed by atoms with E-state index in [1.54, 1.807) is 0 Å². The fourth-order valence-corrected chi connectivity index (χ4v) is 2.82. The number of ketones is 1. The Labute approximate surface area is 131 Å². The number of carbonyl (C=O) groups is 1. The molecule has 0 radical (unpaired) electrons. The van der Waals surface area contributed by atoms with Crippen molar-refractivity contribution >= 4 is 39.0 Å². The summed E-state index contributed by atoms with van der Waals surface area (Å²) in [4.78, 5) is 10.8. The number of aryl methyl sites for hydroxylation is 1. The first kappa shape index (κ1) is 15.8. The van der Waals surface area contributed by atoms with Crippen LogP contribution in [0.25, 0.3) is 0 Å². The zero-order valence-corrected chi connectivity index (χ0v) is 13.7. The number of nitrogens with one attached hydrogen (secondary N) is 1. The second kappa shape index (κ2) is 6.43. The highest BCUT2D eigenvalue weighted by atomic mass is 79.9. The van der Waals surface area contributed by atoms with Crippen molar-refractivity contribution in [3.05, 3.63) is 29.8 Å². The van der Waals surface area contributed by atoms with Gasteiger partial charge in [0.25, 0.3) is 0 Å². The first-order chi connectivity index (χ1) is 9.45. The Morgan fingerprint density at radius 3 is 2.65 bits per heavy atom. The Hall–Kier alpha value is -0.620. The Bertz CT molecular complexity index is 482. The molecular formula is C14H17BrClNO3. The van der Waals surface area contributed by atoms with Gasteiger partial charge in [-0.2, -0.15) is 0 Å². The molecule has 6 heteroatoms. The van der Waals surface area contributed by atoms with Gasteiger partial charge in [-0.05, 0) is 26.0 Å². The van der Waals surface area contributed by atoms with Crippen LogP contribution in [0.15, 0.2) is 24.3 Å². The lowest BCUT2D eigenvalue weighted by Crippen LogP contribution is -2.52. The van der Waals surface area contributed by atoms with E-state index < -0.39 is 11.3 Å². The summed E-state index contributed by atoms with van der Waals surface area (Å²) >= 11 is 9.65. The minimum atomic E-state index is -1.44. The summed E-state index contributed by atoms with van der Waals surface area (Å²) in [6.45, 7) is 4.29. The molecule has 4 nitrogen and oxygen atoms in total. The van der Waals surface area contributed by atoms with E-state index in [4.69, 9.17) is 21.1 Å². The molecule has 1 aromatic carbocycles. The third kappa shape index (κ3) is 3.34. The molecule has 0 saturated carbocycles. The van der Waals surface area contributed by atoms with Crippen LogP contribution in [0.3, 0.4) is 0 Å². The topological polar surface area (TPSA) is 47.6 Å². The minimum absolute atomic E-state index is 0.0823. The third-order valence-electron chi connectivity index (χ3n) is 3.07. The molecule has 0 aromatic heterocycles. The quantitative estimate of drug-likeness (QED) is 0.646. The van der Waals surface area contributed by atoms with E-state index in [0.29, 0.717) is 6.61 Å². The largest absolute Gasteiger partial charge is 0.357 e. The van der Waals surface area contributed by atoms with E-state index in [9.17, 15) is 4.79 Å². The molecule has 2 rings (SSSR count). The lowest BCUT2D eigenvalue weighted by molar-refractivity contribution is -0.132. The van der Waals surface area contributed by atoms with Crippen LogP contribution in [0.4, 0.5) is 5.69 Å². The van der Waals surface area contributed by atoms with Gasteiger partial charge >= 0.3 is 0 Å². The molecule has 110 valence electrons. The molecule has 1 aromatic rings. The molecule has 1 fully saturated rings. The van der Waals surface area contributed by atoms with Crippen molar-refractivity contribution in [2.75, 3.05) is 17.3 Å². The first-order valence-electron chi connectivity index (χ1n) is 6.36. The zero-order chi connectivity index (χ0) is 14.8. The van der Waals surface area contributed by atoms with Crippen molar-refractivity contribution in [2.45, 2.75) is 31.2 Å². The monoisotopic (exact) mass is 361 g/mol. The van der Waals surface area contributed by atoms with Gasteiger partial charge in [0.2, 0.25) is 11.3 Å². The number of halogens is 2. The molecule has 0 spiro atoms. The van der Waals surface area contributed by atoms with Gasteiger partial charge in [0.15, 0.2) is 5.78 Å². The molecule has 1 aliphatic rings. The van der Waals surface area contributed by atoms with Crippen molar-refractivity contribution in [2.24, 2.45) is 0 Å². The SMILES string of the molecule is Cc1ccc(NC(Cl)(C(=O)CBr)C2OCC(C)O2)cc1. The number of benzene rings is 1. The number of ether oxygens (including phenoxy) is 2. The second-order valence-electron chi connectivity index (χ2n) is 4.87. The van der Waals surface area contributed by atoms with Crippen LogP contribution >= 0.6 is 27.5 Å². The highest BCUT2D eigenvalue weighted by Gasteiger charge is 2.48. The maximum atomic E-state index is 12.2. The normalized spacial score (nSPS) is 25.2. The van der Waals surface area contributed by atoms with Crippen LogP contribution < -0.4 is 5.32 Å². The molecule has 1 aliphatic heterocycles. The summed E-state index contributed by atoms with van der Waals surface area (Å²) in [7, 11) is 0. The molecular weight excluding hydrogens is 346 g/mol. The van der Waals surface area contributed by atoms with E-state index in [-0.39, 0.29) is 17.2 Å². The number of hydrogen-bond donors (Lipinski definition) is 1. The van der Waals surface area contributed by atoms with Crippen LogP contribution in [0.5, 0.6) is 0 Å². The first-order valence-corrected chi connectivity index (χ1v) is 7.85. The smallest absolute Gasteiger partial charge is 0.223 e. The molecule has 1 N–H and O–H groups in total. The summed E-state index contributed by atoms with van der Waals surface area (Å²) in [6, 6.07) is 7.62. The molecule has 3 unspecified atom stereocenters. The van der Waals surface area contributed by atoms with Crippen LogP contribution in [0.2, 0.25) is 0 Å².